The highest BCUT2D eigenvalue weighted by molar-refractivity contribution is 5.80. The molecule has 2 nitrogen and oxygen atoms in total. The van der Waals surface area contributed by atoms with Gasteiger partial charge in [0.05, 0.1) is 5.54 Å². The van der Waals surface area contributed by atoms with Crippen molar-refractivity contribution in [3.05, 3.63) is 36.0 Å². The molecule has 0 aliphatic heterocycles. The Bertz CT molecular complexity index is 537. The van der Waals surface area contributed by atoms with Gasteiger partial charge in [-0.25, -0.2) is 8.78 Å². The number of fused-ring (bicyclic) bond motifs is 1. The molecule has 84 valence electrons. The number of alkyl halides is 2. The van der Waals surface area contributed by atoms with Gasteiger partial charge in [-0.15, -0.1) is 0 Å². The van der Waals surface area contributed by atoms with E-state index in [1.807, 2.05) is 30.5 Å². The first-order valence-corrected chi connectivity index (χ1v) is 5.23. The molecule has 1 heterocycles. The molecule has 0 radical (unpaired) electrons. The van der Waals surface area contributed by atoms with E-state index in [-0.39, 0.29) is 12.8 Å². The summed E-state index contributed by atoms with van der Waals surface area (Å²) in [5.41, 5.74) is 6.91. The van der Waals surface area contributed by atoms with E-state index < -0.39 is 11.5 Å². The predicted octanol–water partition coefficient (Wildman–Crippen LogP) is 2.75. The average Bonchev–Trinajstić information content (AvgIpc) is 2.60. The van der Waals surface area contributed by atoms with Gasteiger partial charge >= 0.3 is 0 Å². The summed E-state index contributed by atoms with van der Waals surface area (Å²) in [5.74, 6) is -2.60. The molecular formula is C12H12F2N2. The van der Waals surface area contributed by atoms with Crippen LogP contribution in [0.25, 0.3) is 10.9 Å². The van der Waals surface area contributed by atoms with E-state index >= 15 is 0 Å². The third-order valence-electron chi connectivity index (χ3n) is 3.28. The van der Waals surface area contributed by atoms with Crippen molar-refractivity contribution in [2.75, 3.05) is 0 Å². The number of halogens is 2. The van der Waals surface area contributed by atoms with Crippen LogP contribution >= 0.6 is 0 Å². The van der Waals surface area contributed by atoms with Gasteiger partial charge in [0.1, 0.15) is 0 Å². The molecule has 1 aromatic heterocycles. The van der Waals surface area contributed by atoms with Crippen LogP contribution in [-0.4, -0.2) is 10.9 Å². The molecule has 1 fully saturated rings. The van der Waals surface area contributed by atoms with Gasteiger partial charge < -0.3 is 10.7 Å². The van der Waals surface area contributed by atoms with E-state index in [1.54, 1.807) is 0 Å². The molecule has 1 aromatic carbocycles. The van der Waals surface area contributed by atoms with Gasteiger partial charge in [-0.3, -0.25) is 0 Å². The summed E-state index contributed by atoms with van der Waals surface area (Å²) in [7, 11) is 0. The number of H-pyrrole nitrogens is 1. The van der Waals surface area contributed by atoms with Crippen LogP contribution in [0.1, 0.15) is 18.4 Å². The second-order valence-electron chi connectivity index (χ2n) is 4.65. The fourth-order valence-electron chi connectivity index (χ4n) is 2.44. The van der Waals surface area contributed by atoms with Crippen LogP contribution in [0.2, 0.25) is 0 Å². The summed E-state index contributed by atoms with van der Waals surface area (Å²) in [6, 6.07) is 7.52. The zero-order chi connectivity index (χ0) is 11.4. The summed E-state index contributed by atoms with van der Waals surface area (Å²) in [6.07, 6.45) is 1.32. The average molecular weight is 222 g/mol. The maximum atomic E-state index is 12.9. The number of rotatable bonds is 1. The second-order valence-corrected chi connectivity index (χ2v) is 4.65. The van der Waals surface area contributed by atoms with E-state index in [0.717, 1.165) is 16.5 Å². The van der Waals surface area contributed by atoms with Crippen LogP contribution in [0.15, 0.2) is 30.5 Å². The molecule has 4 heteroatoms. The van der Waals surface area contributed by atoms with Crippen molar-refractivity contribution in [1.82, 2.24) is 4.98 Å². The van der Waals surface area contributed by atoms with Gasteiger partial charge in [-0.2, -0.15) is 0 Å². The summed E-state index contributed by atoms with van der Waals surface area (Å²) < 4.78 is 25.8. The van der Waals surface area contributed by atoms with Crippen molar-refractivity contribution in [3.8, 4) is 0 Å². The first kappa shape index (κ1) is 9.78. The lowest BCUT2D eigenvalue weighted by atomic mass is 9.70. The van der Waals surface area contributed by atoms with Crippen LogP contribution in [0.3, 0.4) is 0 Å². The maximum Gasteiger partial charge on any atom is 0.252 e. The minimum atomic E-state index is -2.60. The molecule has 3 rings (SSSR count). The normalized spacial score (nSPS) is 21.9. The number of aromatic amines is 1. The third-order valence-corrected chi connectivity index (χ3v) is 3.28. The summed E-state index contributed by atoms with van der Waals surface area (Å²) >= 11 is 0. The van der Waals surface area contributed by atoms with Gasteiger partial charge in [-0.1, -0.05) is 6.07 Å². The summed E-state index contributed by atoms with van der Waals surface area (Å²) in [4.78, 5) is 3.06. The lowest BCUT2D eigenvalue weighted by molar-refractivity contribution is -0.125. The number of hydrogen-bond donors (Lipinski definition) is 2. The fraction of sp³-hybridized carbons (Fsp3) is 0.333. The first-order valence-electron chi connectivity index (χ1n) is 5.23. The molecule has 2 aromatic rings. The molecule has 0 atom stereocenters. The van der Waals surface area contributed by atoms with E-state index in [0.29, 0.717) is 0 Å². The van der Waals surface area contributed by atoms with E-state index in [2.05, 4.69) is 4.98 Å². The van der Waals surface area contributed by atoms with Crippen molar-refractivity contribution in [3.63, 3.8) is 0 Å². The quantitative estimate of drug-likeness (QED) is 0.765. The molecule has 0 amide bonds. The Kier molecular flexibility index (Phi) is 1.73. The van der Waals surface area contributed by atoms with E-state index in [4.69, 9.17) is 5.73 Å². The summed E-state index contributed by atoms with van der Waals surface area (Å²) in [6.45, 7) is 0. The van der Waals surface area contributed by atoms with Crippen molar-refractivity contribution >= 4 is 10.9 Å². The van der Waals surface area contributed by atoms with Gasteiger partial charge in [0.15, 0.2) is 0 Å². The zero-order valence-corrected chi connectivity index (χ0v) is 8.63. The zero-order valence-electron chi connectivity index (χ0n) is 8.63. The highest BCUT2D eigenvalue weighted by atomic mass is 19.3. The van der Waals surface area contributed by atoms with Gasteiger partial charge in [0.25, 0.3) is 5.92 Å². The Morgan fingerprint density at radius 1 is 1.19 bits per heavy atom. The Morgan fingerprint density at radius 3 is 2.62 bits per heavy atom. The SMILES string of the molecule is NC1(c2ccc3[nH]ccc3c2)CC(F)(F)C1. The van der Waals surface area contributed by atoms with Crippen LogP contribution in [0.5, 0.6) is 0 Å². The minimum Gasteiger partial charge on any atom is -0.361 e. The molecule has 16 heavy (non-hydrogen) atoms. The van der Waals surface area contributed by atoms with Crippen LogP contribution in [0, 0.1) is 0 Å². The first-order chi connectivity index (χ1) is 7.49. The number of benzene rings is 1. The standard InChI is InChI=1S/C12H12F2N2/c13-12(14)6-11(15,7-12)9-1-2-10-8(5-9)3-4-16-10/h1-5,16H,6-7,15H2. The topological polar surface area (TPSA) is 41.8 Å². The highest BCUT2D eigenvalue weighted by Crippen LogP contribution is 2.50. The molecule has 0 bridgehead atoms. The van der Waals surface area contributed by atoms with Crippen molar-refractivity contribution in [2.24, 2.45) is 5.73 Å². The number of aromatic nitrogens is 1. The van der Waals surface area contributed by atoms with Gasteiger partial charge in [0.2, 0.25) is 0 Å². The third kappa shape index (κ3) is 1.33. The molecule has 1 aliphatic rings. The van der Waals surface area contributed by atoms with Crippen LogP contribution < -0.4 is 5.73 Å². The Balaban J connectivity index is 2.00. The predicted molar refractivity (Wildman–Crippen MR) is 58.3 cm³/mol. The monoisotopic (exact) mass is 222 g/mol. The Labute approximate surface area is 91.4 Å². The van der Waals surface area contributed by atoms with Crippen molar-refractivity contribution in [2.45, 2.75) is 24.3 Å². The second kappa shape index (κ2) is 2.83. The molecule has 0 saturated heterocycles. The molecule has 0 spiro atoms. The Hall–Kier alpha value is -1.42. The smallest absolute Gasteiger partial charge is 0.252 e. The van der Waals surface area contributed by atoms with Crippen molar-refractivity contribution < 1.29 is 8.78 Å². The maximum absolute atomic E-state index is 12.9. The Morgan fingerprint density at radius 2 is 1.94 bits per heavy atom. The molecule has 3 N–H and O–H groups in total. The number of hydrogen-bond acceptors (Lipinski definition) is 1. The highest BCUT2D eigenvalue weighted by Gasteiger charge is 2.55. The lowest BCUT2D eigenvalue weighted by Gasteiger charge is -2.44. The van der Waals surface area contributed by atoms with E-state index in [1.165, 1.54) is 0 Å². The van der Waals surface area contributed by atoms with Gasteiger partial charge in [0, 0.05) is 24.6 Å². The molecule has 1 saturated carbocycles. The molecule has 1 aliphatic carbocycles. The summed E-state index contributed by atoms with van der Waals surface area (Å²) in [5, 5.41) is 1.01. The lowest BCUT2D eigenvalue weighted by Crippen LogP contribution is -2.55. The molecule has 0 unspecified atom stereocenters. The van der Waals surface area contributed by atoms with E-state index in [9.17, 15) is 8.78 Å². The van der Waals surface area contributed by atoms with Crippen LogP contribution in [-0.2, 0) is 5.54 Å². The number of nitrogens with two attached hydrogens (primary N) is 1. The fourth-order valence-corrected chi connectivity index (χ4v) is 2.44. The van der Waals surface area contributed by atoms with Crippen molar-refractivity contribution in [1.29, 1.82) is 0 Å². The number of nitrogens with one attached hydrogen (secondary N) is 1. The van der Waals surface area contributed by atoms with Gasteiger partial charge in [-0.05, 0) is 29.1 Å². The largest absolute Gasteiger partial charge is 0.361 e. The minimum absolute atomic E-state index is 0.254. The molecular weight excluding hydrogens is 210 g/mol. The van der Waals surface area contributed by atoms with Crippen LogP contribution in [0.4, 0.5) is 8.78 Å².